The third-order valence-corrected chi connectivity index (χ3v) is 3.72. The average molecular weight is 358 g/mol. The molecule has 20 heavy (non-hydrogen) atoms. The molecule has 0 amide bonds. The van der Waals surface area contributed by atoms with Gasteiger partial charge < -0.3 is 10.2 Å². The fraction of sp³-hybridized carbons (Fsp3) is 0.200. The van der Waals surface area contributed by atoms with E-state index in [4.69, 9.17) is 11.6 Å². The summed E-state index contributed by atoms with van der Waals surface area (Å²) < 4.78 is 14.4. The molecule has 0 unspecified atom stereocenters. The highest BCUT2D eigenvalue weighted by atomic mass is 79.9. The van der Waals surface area contributed by atoms with E-state index in [1.165, 1.54) is 6.07 Å². The zero-order valence-corrected chi connectivity index (χ0v) is 13.6. The zero-order valence-electron chi connectivity index (χ0n) is 11.3. The number of halogens is 3. The second kappa shape index (κ2) is 6.46. The lowest BCUT2D eigenvalue weighted by atomic mass is 10.2. The van der Waals surface area contributed by atoms with Crippen LogP contribution < -0.4 is 10.2 Å². The van der Waals surface area contributed by atoms with E-state index < -0.39 is 0 Å². The molecule has 0 aromatic heterocycles. The van der Waals surface area contributed by atoms with Gasteiger partial charge in [-0.15, -0.1) is 0 Å². The van der Waals surface area contributed by atoms with Crippen molar-refractivity contribution in [1.29, 1.82) is 0 Å². The summed E-state index contributed by atoms with van der Waals surface area (Å²) in [6.07, 6.45) is 0. The van der Waals surface area contributed by atoms with E-state index in [1.54, 1.807) is 6.07 Å². The van der Waals surface area contributed by atoms with Gasteiger partial charge in [-0.1, -0.05) is 33.6 Å². The monoisotopic (exact) mass is 356 g/mol. The lowest BCUT2D eigenvalue weighted by Crippen LogP contribution is -2.09. The Balaban J connectivity index is 2.09. The summed E-state index contributed by atoms with van der Waals surface area (Å²) in [7, 11) is 3.87. The fourth-order valence-corrected chi connectivity index (χ4v) is 2.52. The molecule has 0 heterocycles. The van der Waals surface area contributed by atoms with Crippen LogP contribution in [-0.2, 0) is 6.54 Å². The second-order valence-electron chi connectivity index (χ2n) is 4.65. The first kappa shape index (κ1) is 15.1. The molecule has 2 rings (SSSR count). The topological polar surface area (TPSA) is 15.3 Å². The Morgan fingerprint density at radius 2 is 1.95 bits per heavy atom. The maximum absolute atomic E-state index is 13.7. The van der Waals surface area contributed by atoms with Crippen molar-refractivity contribution in [2.24, 2.45) is 0 Å². The quantitative estimate of drug-likeness (QED) is 0.835. The highest BCUT2D eigenvalue weighted by Gasteiger charge is 2.05. The van der Waals surface area contributed by atoms with Gasteiger partial charge in [-0.3, -0.25) is 0 Å². The Morgan fingerprint density at radius 1 is 1.20 bits per heavy atom. The molecule has 0 spiro atoms. The van der Waals surface area contributed by atoms with Crippen molar-refractivity contribution < 1.29 is 4.39 Å². The molecule has 0 aliphatic rings. The van der Waals surface area contributed by atoms with Crippen LogP contribution in [0.15, 0.2) is 40.9 Å². The molecule has 0 bridgehead atoms. The van der Waals surface area contributed by atoms with Crippen LogP contribution in [-0.4, -0.2) is 14.1 Å². The van der Waals surface area contributed by atoms with Gasteiger partial charge in [0.2, 0.25) is 0 Å². The Morgan fingerprint density at radius 3 is 2.55 bits per heavy atom. The van der Waals surface area contributed by atoms with Crippen LogP contribution in [0.3, 0.4) is 0 Å². The molecule has 2 nitrogen and oxygen atoms in total. The first-order chi connectivity index (χ1) is 9.47. The fourth-order valence-electron chi connectivity index (χ4n) is 1.84. The van der Waals surface area contributed by atoms with Crippen LogP contribution in [0.4, 0.5) is 15.8 Å². The SMILES string of the molecule is CN(C)c1ccc(NCc2ccc(Br)cc2F)cc1Cl. The number of hydrogen-bond acceptors (Lipinski definition) is 2. The van der Waals surface area contributed by atoms with E-state index in [9.17, 15) is 4.39 Å². The van der Waals surface area contributed by atoms with Gasteiger partial charge in [0, 0.05) is 36.4 Å². The smallest absolute Gasteiger partial charge is 0.129 e. The minimum absolute atomic E-state index is 0.233. The summed E-state index contributed by atoms with van der Waals surface area (Å²) in [4.78, 5) is 1.94. The summed E-state index contributed by atoms with van der Waals surface area (Å²) >= 11 is 9.44. The van der Waals surface area contributed by atoms with Gasteiger partial charge >= 0.3 is 0 Å². The van der Waals surface area contributed by atoms with E-state index in [-0.39, 0.29) is 5.82 Å². The number of hydrogen-bond donors (Lipinski definition) is 1. The molecule has 0 aliphatic heterocycles. The standard InChI is InChI=1S/C15H15BrClFN2/c1-20(2)15-6-5-12(8-13(15)17)19-9-10-3-4-11(16)7-14(10)18/h3-8,19H,9H2,1-2H3. The van der Waals surface area contributed by atoms with Crippen molar-refractivity contribution >= 4 is 38.9 Å². The summed E-state index contributed by atoms with van der Waals surface area (Å²) in [6, 6.07) is 10.7. The van der Waals surface area contributed by atoms with Gasteiger partial charge in [0.05, 0.1) is 10.7 Å². The van der Waals surface area contributed by atoms with Crippen molar-refractivity contribution in [1.82, 2.24) is 0 Å². The van der Waals surface area contributed by atoms with E-state index in [0.29, 0.717) is 17.1 Å². The predicted octanol–water partition coefficient (Wildman–Crippen LogP) is 4.92. The van der Waals surface area contributed by atoms with Gasteiger partial charge in [-0.2, -0.15) is 0 Å². The minimum atomic E-state index is -0.233. The van der Waals surface area contributed by atoms with E-state index >= 15 is 0 Å². The first-order valence-electron chi connectivity index (χ1n) is 6.12. The lowest BCUT2D eigenvalue weighted by Gasteiger charge is -2.16. The molecule has 106 valence electrons. The van der Waals surface area contributed by atoms with Crippen molar-refractivity contribution in [2.75, 3.05) is 24.3 Å². The number of nitrogens with one attached hydrogen (secondary N) is 1. The van der Waals surface area contributed by atoms with Crippen LogP contribution in [0.25, 0.3) is 0 Å². The highest BCUT2D eigenvalue weighted by Crippen LogP contribution is 2.27. The molecular weight excluding hydrogens is 343 g/mol. The van der Waals surface area contributed by atoms with E-state index in [2.05, 4.69) is 21.2 Å². The third-order valence-electron chi connectivity index (χ3n) is 2.93. The summed E-state index contributed by atoms with van der Waals surface area (Å²) in [5.41, 5.74) is 2.43. The molecule has 0 radical (unpaired) electrons. The van der Waals surface area contributed by atoms with E-state index in [0.717, 1.165) is 15.8 Å². The molecule has 0 atom stereocenters. The van der Waals surface area contributed by atoms with Gasteiger partial charge in [0.1, 0.15) is 5.82 Å². The van der Waals surface area contributed by atoms with Gasteiger partial charge in [0.25, 0.3) is 0 Å². The van der Waals surface area contributed by atoms with Crippen LogP contribution in [0, 0.1) is 5.82 Å². The highest BCUT2D eigenvalue weighted by molar-refractivity contribution is 9.10. The largest absolute Gasteiger partial charge is 0.381 e. The third kappa shape index (κ3) is 3.64. The van der Waals surface area contributed by atoms with Crippen molar-refractivity contribution in [3.8, 4) is 0 Å². The molecule has 0 fully saturated rings. The first-order valence-corrected chi connectivity index (χ1v) is 7.29. The number of anilines is 2. The maximum Gasteiger partial charge on any atom is 0.129 e. The van der Waals surface area contributed by atoms with Gasteiger partial charge in [0.15, 0.2) is 0 Å². The van der Waals surface area contributed by atoms with Gasteiger partial charge in [-0.05, 0) is 30.3 Å². The van der Waals surface area contributed by atoms with Crippen molar-refractivity contribution in [3.63, 3.8) is 0 Å². The van der Waals surface area contributed by atoms with E-state index in [1.807, 2.05) is 43.3 Å². The Kier molecular flexibility index (Phi) is 4.89. The van der Waals surface area contributed by atoms with Gasteiger partial charge in [-0.25, -0.2) is 4.39 Å². The van der Waals surface area contributed by atoms with Crippen LogP contribution in [0.2, 0.25) is 5.02 Å². The molecule has 2 aromatic rings. The summed E-state index contributed by atoms with van der Waals surface area (Å²) in [6.45, 7) is 0.413. The van der Waals surface area contributed by atoms with Crippen LogP contribution in [0.1, 0.15) is 5.56 Å². The molecule has 0 saturated carbocycles. The zero-order chi connectivity index (χ0) is 14.7. The molecule has 0 aliphatic carbocycles. The second-order valence-corrected chi connectivity index (χ2v) is 5.97. The summed E-state index contributed by atoms with van der Waals surface area (Å²) in [5.74, 6) is -0.233. The molecule has 1 N–H and O–H groups in total. The van der Waals surface area contributed by atoms with Crippen molar-refractivity contribution in [3.05, 3.63) is 57.3 Å². The van der Waals surface area contributed by atoms with Crippen LogP contribution >= 0.6 is 27.5 Å². The molecule has 0 saturated heterocycles. The average Bonchev–Trinajstić information content (AvgIpc) is 2.37. The van der Waals surface area contributed by atoms with Crippen LogP contribution in [0.5, 0.6) is 0 Å². The van der Waals surface area contributed by atoms with Crippen molar-refractivity contribution in [2.45, 2.75) is 6.54 Å². The Labute approximate surface area is 131 Å². The number of rotatable bonds is 4. The Bertz CT molecular complexity index is 617. The molecular formula is C15H15BrClFN2. The number of benzene rings is 2. The predicted molar refractivity (Wildman–Crippen MR) is 87.2 cm³/mol. The molecule has 2 aromatic carbocycles. The lowest BCUT2D eigenvalue weighted by molar-refractivity contribution is 0.612. The normalized spacial score (nSPS) is 10.4. The summed E-state index contributed by atoms with van der Waals surface area (Å²) in [5, 5.41) is 3.83. The Hall–Kier alpha value is -1.26. The minimum Gasteiger partial charge on any atom is -0.381 e. The maximum atomic E-state index is 13.7. The molecule has 5 heteroatoms. The number of nitrogens with zero attached hydrogens (tertiary/aromatic N) is 1.